The largest absolute Gasteiger partial charge is 0.508 e. The van der Waals surface area contributed by atoms with E-state index < -0.39 is 5.97 Å². The summed E-state index contributed by atoms with van der Waals surface area (Å²) >= 11 is 0. The predicted molar refractivity (Wildman–Crippen MR) is 78.8 cm³/mol. The van der Waals surface area contributed by atoms with Crippen molar-refractivity contribution in [2.75, 3.05) is 6.54 Å². The van der Waals surface area contributed by atoms with Crippen LogP contribution >= 0.6 is 0 Å². The second-order valence-corrected chi connectivity index (χ2v) is 4.98. The van der Waals surface area contributed by atoms with Gasteiger partial charge in [0.2, 0.25) is 0 Å². The zero-order valence-corrected chi connectivity index (χ0v) is 11.9. The van der Waals surface area contributed by atoms with Crippen LogP contribution in [0.2, 0.25) is 0 Å². The van der Waals surface area contributed by atoms with E-state index in [9.17, 15) is 9.90 Å². The van der Waals surface area contributed by atoms with Gasteiger partial charge in [-0.05, 0) is 36.2 Å². The Hall–Kier alpha value is -2.40. The van der Waals surface area contributed by atoms with Gasteiger partial charge in [-0.3, -0.25) is 14.7 Å². The molecule has 1 heterocycles. The minimum atomic E-state index is -0.887. The van der Waals surface area contributed by atoms with E-state index in [0.29, 0.717) is 13.1 Å². The quantitative estimate of drug-likeness (QED) is 0.851. The Labute approximate surface area is 123 Å². The monoisotopic (exact) mass is 286 g/mol. The van der Waals surface area contributed by atoms with Crippen LogP contribution in [-0.4, -0.2) is 32.6 Å². The average molecular weight is 286 g/mol. The third-order valence-electron chi connectivity index (χ3n) is 3.15. The first-order valence-electron chi connectivity index (χ1n) is 6.67. The number of carboxylic acid groups (broad SMARTS) is 1. The molecule has 0 spiro atoms. The summed E-state index contributed by atoms with van der Waals surface area (Å²) in [6.07, 6.45) is 1.69. The van der Waals surface area contributed by atoms with E-state index in [1.54, 1.807) is 17.2 Å². The summed E-state index contributed by atoms with van der Waals surface area (Å²) in [5.41, 5.74) is 2.48. The fourth-order valence-electron chi connectivity index (χ4n) is 2.09. The van der Waals surface area contributed by atoms with E-state index in [-0.39, 0.29) is 12.3 Å². The molecule has 0 fully saturated rings. The lowest BCUT2D eigenvalue weighted by molar-refractivity contribution is -0.138. The molecule has 0 saturated heterocycles. The molecule has 1 aromatic heterocycles. The smallest absolute Gasteiger partial charge is 0.317 e. The van der Waals surface area contributed by atoms with Gasteiger partial charge in [-0.2, -0.15) is 0 Å². The maximum atomic E-state index is 11.0. The maximum absolute atomic E-state index is 11.0. The van der Waals surface area contributed by atoms with Crippen molar-refractivity contribution >= 4 is 5.97 Å². The Bertz CT molecular complexity index is 614. The normalized spacial score (nSPS) is 10.8. The Morgan fingerprint density at radius 2 is 2.05 bits per heavy atom. The second-order valence-electron chi connectivity index (χ2n) is 4.98. The number of phenols is 1. The number of phenolic OH excluding ortho intramolecular Hbond substituents is 1. The third kappa shape index (κ3) is 4.57. The van der Waals surface area contributed by atoms with Crippen molar-refractivity contribution in [3.63, 3.8) is 0 Å². The zero-order valence-electron chi connectivity index (χ0n) is 11.9. The number of carboxylic acids is 1. The number of rotatable bonds is 6. The molecule has 0 aliphatic rings. The lowest BCUT2D eigenvalue weighted by atomic mass is 10.1. The lowest BCUT2D eigenvalue weighted by Crippen LogP contribution is -2.29. The van der Waals surface area contributed by atoms with E-state index in [1.807, 2.05) is 37.3 Å². The van der Waals surface area contributed by atoms with Gasteiger partial charge in [0.25, 0.3) is 0 Å². The lowest BCUT2D eigenvalue weighted by Gasteiger charge is -2.20. The third-order valence-corrected chi connectivity index (χ3v) is 3.15. The molecule has 0 amide bonds. The number of aryl methyl sites for hydroxylation is 1. The van der Waals surface area contributed by atoms with E-state index in [2.05, 4.69) is 4.98 Å². The number of nitrogens with zero attached hydrogens (tertiary/aromatic N) is 2. The van der Waals surface area contributed by atoms with Crippen LogP contribution in [0.3, 0.4) is 0 Å². The number of hydrogen-bond donors (Lipinski definition) is 2. The van der Waals surface area contributed by atoms with E-state index >= 15 is 0 Å². The Kier molecular flexibility index (Phi) is 4.90. The van der Waals surface area contributed by atoms with Crippen molar-refractivity contribution in [1.82, 2.24) is 9.88 Å². The first-order chi connectivity index (χ1) is 10.0. The molecule has 110 valence electrons. The molecule has 0 aliphatic heterocycles. The molecule has 2 aromatic rings. The molecular formula is C16H18N2O3. The summed E-state index contributed by atoms with van der Waals surface area (Å²) in [7, 11) is 0. The van der Waals surface area contributed by atoms with E-state index in [1.165, 1.54) is 0 Å². The van der Waals surface area contributed by atoms with Gasteiger partial charge in [-0.15, -0.1) is 0 Å². The topological polar surface area (TPSA) is 73.7 Å². The van der Waals surface area contributed by atoms with E-state index in [4.69, 9.17) is 5.11 Å². The summed E-state index contributed by atoms with van der Waals surface area (Å²) in [6.45, 7) is 2.63. The Morgan fingerprint density at radius 3 is 2.67 bits per heavy atom. The van der Waals surface area contributed by atoms with Crippen molar-refractivity contribution in [2.24, 2.45) is 0 Å². The van der Waals surface area contributed by atoms with Gasteiger partial charge < -0.3 is 10.2 Å². The number of benzene rings is 1. The molecule has 1 aromatic carbocycles. The standard InChI is InChI=1S/C16H18N2O3/c1-12-5-6-13(8-15(12)19)9-18(11-16(20)21)10-14-4-2-3-7-17-14/h2-8,19H,9-11H2,1H3,(H,20,21). The molecular weight excluding hydrogens is 268 g/mol. The van der Waals surface area contributed by atoms with Gasteiger partial charge in [-0.1, -0.05) is 18.2 Å². The molecule has 21 heavy (non-hydrogen) atoms. The molecule has 0 radical (unpaired) electrons. The number of aliphatic carboxylic acids is 1. The highest BCUT2D eigenvalue weighted by Crippen LogP contribution is 2.19. The summed E-state index contributed by atoms with van der Waals surface area (Å²) in [5, 5.41) is 18.8. The molecule has 0 aliphatic carbocycles. The van der Waals surface area contributed by atoms with Crippen LogP contribution in [0.1, 0.15) is 16.8 Å². The van der Waals surface area contributed by atoms with Gasteiger partial charge >= 0.3 is 5.97 Å². The van der Waals surface area contributed by atoms with Crippen LogP contribution in [0.15, 0.2) is 42.6 Å². The fourth-order valence-corrected chi connectivity index (χ4v) is 2.09. The van der Waals surface area contributed by atoms with Crippen molar-refractivity contribution in [2.45, 2.75) is 20.0 Å². The van der Waals surface area contributed by atoms with Crippen LogP contribution in [-0.2, 0) is 17.9 Å². The highest BCUT2D eigenvalue weighted by molar-refractivity contribution is 5.69. The summed E-state index contributed by atoms with van der Waals surface area (Å²) in [5.74, 6) is -0.664. The highest BCUT2D eigenvalue weighted by atomic mass is 16.4. The van der Waals surface area contributed by atoms with Crippen molar-refractivity contribution < 1.29 is 15.0 Å². The van der Waals surface area contributed by atoms with Gasteiger partial charge in [0.1, 0.15) is 5.75 Å². The molecule has 0 bridgehead atoms. The number of hydrogen-bond acceptors (Lipinski definition) is 4. The molecule has 2 N–H and O–H groups in total. The minimum Gasteiger partial charge on any atom is -0.508 e. The number of aromatic hydroxyl groups is 1. The van der Waals surface area contributed by atoms with E-state index in [0.717, 1.165) is 16.8 Å². The Morgan fingerprint density at radius 1 is 1.24 bits per heavy atom. The molecule has 2 rings (SSSR count). The van der Waals surface area contributed by atoms with Crippen LogP contribution in [0.25, 0.3) is 0 Å². The van der Waals surface area contributed by atoms with Crippen LogP contribution < -0.4 is 0 Å². The van der Waals surface area contributed by atoms with Gasteiger partial charge in [0.15, 0.2) is 0 Å². The predicted octanol–water partition coefficient (Wildman–Crippen LogP) is 2.18. The van der Waals surface area contributed by atoms with Gasteiger partial charge in [0, 0.05) is 19.3 Å². The number of carbonyl (C=O) groups is 1. The molecule has 0 atom stereocenters. The maximum Gasteiger partial charge on any atom is 0.317 e. The molecule has 0 saturated carbocycles. The minimum absolute atomic E-state index is 0.0782. The van der Waals surface area contributed by atoms with Gasteiger partial charge in [-0.25, -0.2) is 0 Å². The van der Waals surface area contributed by atoms with Crippen molar-refractivity contribution in [3.05, 3.63) is 59.4 Å². The summed E-state index contributed by atoms with van der Waals surface area (Å²) in [4.78, 5) is 17.0. The van der Waals surface area contributed by atoms with Crippen LogP contribution in [0.4, 0.5) is 0 Å². The van der Waals surface area contributed by atoms with Crippen molar-refractivity contribution in [3.8, 4) is 5.75 Å². The highest BCUT2D eigenvalue weighted by Gasteiger charge is 2.12. The number of pyridine rings is 1. The SMILES string of the molecule is Cc1ccc(CN(CC(=O)O)Cc2ccccn2)cc1O. The number of aromatic nitrogens is 1. The fraction of sp³-hybridized carbons (Fsp3) is 0.250. The second kappa shape index (κ2) is 6.85. The Balaban J connectivity index is 2.12. The average Bonchev–Trinajstić information content (AvgIpc) is 2.43. The van der Waals surface area contributed by atoms with Crippen LogP contribution in [0, 0.1) is 6.92 Å². The summed E-state index contributed by atoms with van der Waals surface area (Å²) < 4.78 is 0. The summed E-state index contributed by atoms with van der Waals surface area (Å²) in [6, 6.07) is 10.9. The first-order valence-corrected chi connectivity index (χ1v) is 6.67. The molecule has 5 nitrogen and oxygen atoms in total. The van der Waals surface area contributed by atoms with Crippen molar-refractivity contribution in [1.29, 1.82) is 0 Å². The zero-order chi connectivity index (χ0) is 15.2. The first kappa shape index (κ1) is 15.0. The van der Waals surface area contributed by atoms with Gasteiger partial charge in [0.05, 0.1) is 12.2 Å². The van der Waals surface area contributed by atoms with Crippen LogP contribution in [0.5, 0.6) is 5.75 Å². The molecule has 5 heteroatoms. The molecule has 0 unspecified atom stereocenters.